The van der Waals surface area contributed by atoms with Crippen LogP contribution in [-0.4, -0.2) is 77.3 Å². The lowest BCUT2D eigenvalue weighted by Crippen LogP contribution is -2.57. The predicted octanol–water partition coefficient (Wildman–Crippen LogP) is 4.60. The zero-order valence-corrected chi connectivity index (χ0v) is 27.0. The van der Waals surface area contributed by atoms with Gasteiger partial charge in [0.15, 0.2) is 0 Å². The second kappa shape index (κ2) is 15.6. The van der Waals surface area contributed by atoms with E-state index in [0.717, 1.165) is 48.2 Å². The molecule has 3 aromatic rings. The van der Waals surface area contributed by atoms with Crippen LogP contribution >= 0.6 is 0 Å². The van der Waals surface area contributed by atoms with E-state index in [9.17, 15) is 14.4 Å². The first-order valence-electron chi connectivity index (χ1n) is 15.7. The van der Waals surface area contributed by atoms with E-state index in [2.05, 4.69) is 17.6 Å². The molecule has 3 aromatic carbocycles. The molecule has 1 saturated heterocycles. The average Bonchev–Trinajstić information content (AvgIpc) is 3.55. The maximum absolute atomic E-state index is 14.4. The Morgan fingerprint density at radius 3 is 1.93 bits per heavy atom. The molecule has 0 aromatic heterocycles. The molecule has 0 spiro atoms. The van der Waals surface area contributed by atoms with Crippen LogP contribution in [0, 0.1) is 0 Å². The number of nitrogens with zero attached hydrogens (tertiary/aromatic N) is 3. The second-order valence-electron chi connectivity index (χ2n) is 12.7. The normalized spacial score (nSPS) is 15.0. The number of nitrogens with two attached hydrogens (primary N) is 1. The number of carbonyl (C=O) groups excluding carboxylic acids is 3. The minimum Gasteiger partial charge on any atom is -0.332 e. The van der Waals surface area contributed by atoms with Gasteiger partial charge in [-0.15, -0.1) is 0 Å². The van der Waals surface area contributed by atoms with E-state index in [0.29, 0.717) is 19.3 Å². The van der Waals surface area contributed by atoms with E-state index in [4.69, 9.17) is 5.73 Å². The van der Waals surface area contributed by atoms with Gasteiger partial charge in [-0.25, -0.2) is 5.01 Å². The largest absolute Gasteiger partial charge is 0.332 e. The van der Waals surface area contributed by atoms with Crippen molar-refractivity contribution >= 4 is 17.7 Å². The van der Waals surface area contributed by atoms with Crippen molar-refractivity contribution < 1.29 is 14.4 Å². The minimum atomic E-state index is -0.835. The fourth-order valence-corrected chi connectivity index (χ4v) is 5.50. The lowest BCUT2D eigenvalue weighted by atomic mass is 9.98. The molecule has 1 heterocycles. The zero-order chi connectivity index (χ0) is 32.4. The van der Waals surface area contributed by atoms with Crippen molar-refractivity contribution in [1.29, 1.82) is 0 Å². The fraction of sp³-hybridized carbons (Fsp3) is 0.378. The third-order valence-corrected chi connectivity index (χ3v) is 8.26. The molecule has 0 saturated carbocycles. The van der Waals surface area contributed by atoms with Crippen molar-refractivity contribution in [1.82, 2.24) is 20.2 Å². The molecule has 0 aliphatic carbocycles. The van der Waals surface area contributed by atoms with E-state index in [1.165, 1.54) is 15.9 Å². The number of hydrazine groups is 1. The molecule has 0 radical (unpaired) electrons. The van der Waals surface area contributed by atoms with E-state index in [-0.39, 0.29) is 17.7 Å². The third-order valence-electron chi connectivity index (χ3n) is 8.26. The van der Waals surface area contributed by atoms with Crippen molar-refractivity contribution in [3.63, 3.8) is 0 Å². The summed E-state index contributed by atoms with van der Waals surface area (Å²) in [6.07, 6.45) is 6.43. The number of hydrogen-bond acceptors (Lipinski definition) is 5. The van der Waals surface area contributed by atoms with Crippen molar-refractivity contribution in [3.8, 4) is 11.1 Å². The molecule has 3 amide bonds. The molecule has 4 rings (SSSR count). The highest BCUT2D eigenvalue weighted by Crippen LogP contribution is 2.22. The van der Waals surface area contributed by atoms with Gasteiger partial charge >= 0.3 is 0 Å². The number of carbonyl (C=O) groups is 3. The first kappa shape index (κ1) is 33.6. The lowest BCUT2D eigenvalue weighted by Gasteiger charge is -2.35. The van der Waals surface area contributed by atoms with E-state index >= 15 is 0 Å². The van der Waals surface area contributed by atoms with Gasteiger partial charge in [0.25, 0.3) is 5.91 Å². The number of rotatable bonds is 13. The van der Waals surface area contributed by atoms with Crippen molar-refractivity contribution in [2.45, 2.75) is 63.6 Å². The van der Waals surface area contributed by atoms with Crippen LogP contribution in [0.4, 0.5) is 0 Å². The van der Waals surface area contributed by atoms with Gasteiger partial charge in [0, 0.05) is 45.6 Å². The van der Waals surface area contributed by atoms with Crippen LogP contribution in [0.3, 0.4) is 0 Å². The lowest BCUT2D eigenvalue weighted by molar-refractivity contribution is -0.147. The summed E-state index contributed by atoms with van der Waals surface area (Å²) >= 11 is 0. The summed E-state index contributed by atoms with van der Waals surface area (Å²) in [7, 11) is 3.31. The maximum Gasteiger partial charge on any atom is 0.257 e. The van der Waals surface area contributed by atoms with Crippen molar-refractivity contribution in [2.75, 3.05) is 27.2 Å². The Hall–Kier alpha value is -4.27. The van der Waals surface area contributed by atoms with Gasteiger partial charge in [-0.05, 0) is 61.4 Å². The maximum atomic E-state index is 14.4. The monoisotopic (exact) mass is 609 g/mol. The smallest absolute Gasteiger partial charge is 0.257 e. The van der Waals surface area contributed by atoms with Crippen LogP contribution in [0.1, 0.15) is 44.2 Å². The molecule has 2 atom stereocenters. The van der Waals surface area contributed by atoms with Gasteiger partial charge in [-0.1, -0.05) is 91.0 Å². The van der Waals surface area contributed by atoms with Crippen LogP contribution in [0.5, 0.6) is 0 Å². The van der Waals surface area contributed by atoms with Gasteiger partial charge in [-0.2, -0.15) is 0 Å². The molecule has 0 bridgehead atoms. The second-order valence-corrected chi connectivity index (χ2v) is 12.7. The quantitative estimate of drug-likeness (QED) is 0.276. The van der Waals surface area contributed by atoms with Crippen LogP contribution in [0.2, 0.25) is 0 Å². The zero-order valence-electron chi connectivity index (χ0n) is 27.0. The number of nitrogens with one attached hydrogen (secondary N) is 1. The molecule has 1 fully saturated rings. The Kier molecular flexibility index (Phi) is 11.7. The Morgan fingerprint density at radius 1 is 0.800 bits per heavy atom. The highest BCUT2D eigenvalue weighted by molar-refractivity contribution is 5.95. The van der Waals surface area contributed by atoms with Crippen LogP contribution in [-0.2, 0) is 27.2 Å². The number of benzene rings is 3. The molecule has 238 valence electrons. The summed E-state index contributed by atoms with van der Waals surface area (Å²) in [4.78, 5) is 44.5. The predicted molar refractivity (Wildman–Crippen MR) is 180 cm³/mol. The first-order valence-corrected chi connectivity index (χ1v) is 15.7. The molecule has 3 N–H and O–H groups in total. The molecule has 0 unspecified atom stereocenters. The van der Waals surface area contributed by atoms with Gasteiger partial charge in [-0.3, -0.25) is 19.8 Å². The highest BCUT2D eigenvalue weighted by atomic mass is 16.2. The summed E-state index contributed by atoms with van der Waals surface area (Å²) in [5, 5.41) is 1.92. The SMILES string of the molecule is CN(C(=O)/C=C\CC(C)(C)N)[C@H](Cc1ccc(-c2ccccc2)cc1)C(=O)N(C)[C@H](Cc1ccccc1)C(=O)NN1CCCC1. The van der Waals surface area contributed by atoms with E-state index in [1.807, 2.05) is 91.7 Å². The minimum absolute atomic E-state index is 0.235. The number of hydrogen-bond donors (Lipinski definition) is 2. The summed E-state index contributed by atoms with van der Waals surface area (Å²) in [5.74, 6) is -0.835. The molecule has 8 nitrogen and oxygen atoms in total. The van der Waals surface area contributed by atoms with Crippen molar-refractivity contribution in [3.05, 3.63) is 108 Å². The van der Waals surface area contributed by atoms with Gasteiger partial charge in [0.2, 0.25) is 11.8 Å². The molecule has 1 aliphatic heterocycles. The Morgan fingerprint density at radius 2 is 1.33 bits per heavy atom. The molecule has 8 heteroatoms. The van der Waals surface area contributed by atoms with Gasteiger partial charge in [0.1, 0.15) is 12.1 Å². The molecular weight excluding hydrogens is 562 g/mol. The highest BCUT2D eigenvalue weighted by Gasteiger charge is 2.35. The van der Waals surface area contributed by atoms with Crippen LogP contribution in [0.25, 0.3) is 11.1 Å². The van der Waals surface area contributed by atoms with E-state index < -0.39 is 17.6 Å². The summed E-state index contributed by atoms with van der Waals surface area (Å²) < 4.78 is 0. The fourth-order valence-electron chi connectivity index (χ4n) is 5.50. The first-order chi connectivity index (χ1) is 21.5. The Bertz CT molecular complexity index is 1430. The number of likely N-dealkylation sites (N-methyl/N-ethyl adjacent to an activating group) is 2. The summed E-state index contributed by atoms with van der Waals surface area (Å²) in [5.41, 5.74) is 12.7. The van der Waals surface area contributed by atoms with E-state index in [1.54, 1.807) is 20.2 Å². The third kappa shape index (κ3) is 9.86. The average molecular weight is 610 g/mol. The van der Waals surface area contributed by atoms with Crippen molar-refractivity contribution in [2.24, 2.45) is 5.73 Å². The topological polar surface area (TPSA) is 99.0 Å². The van der Waals surface area contributed by atoms with Gasteiger partial charge < -0.3 is 15.5 Å². The van der Waals surface area contributed by atoms with Crippen LogP contribution < -0.4 is 11.2 Å². The Labute approximate surface area is 267 Å². The standard InChI is InChI=1S/C37H47N5O3/c1-37(2,38)23-13-18-34(43)40(3)33(27-29-19-21-31(22-20-29)30-16-9-6-10-17-30)36(45)41(4)32(26-28-14-7-5-8-15-28)35(44)39-42-24-11-12-25-42/h5-10,13-22,32-33H,11-12,23-27,38H2,1-4H3,(H,39,44)/b18-13-/t32-,33-/m1/s1. The number of amides is 3. The Balaban J connectivity index is 1.61. The molecular formula is C37H47N5O3. The summed E-state index contributed by atoms with van der Waals surface area (Å²) in [6, 6.07) is 26.2. The van der Waals surface area contributed by atoms with Crippen LogP contribution in [0.15, 0.2) is 97.1 Å². The summed E-state index contributed by atoms with van der Waals surface area (Å²) in [6.45, 7) is 5.36. The van der Waals surface area contributed by atoms with Gasteiger partial charge in [0.05, 0.1) is 0 Å². The molecule has 45 heavy (non-hydrogen) atoms. The molecule has 1 aliphatic rings.